The lowest BCUT2D eigenvalue weighted by molar-refractivity contribution is -0.135. The molecular weight excluding hydrogens is 398 g/mol. The van der Waals surface area contributed by atoms with E-state index in [1.807, 2.05) is 0 Å². The van der Waals surface area contributed by atoms with Gasteiger partial charge in [0.25, 0.3) is 0 Å². The lowest BCUT2D eigenvalue weighted by atomic mass is 9.85. The Morgan fingerprint density at radius 1 is 1.10 bits per heavy atom. The van der Waals surface area contributed by atoms with Gasteiger partial charge in [0.15, 0.2) is 0 Å². The number of carbonyl (C=O) groups excluding carboxylic acids is 1. The highest BCUT2D eigenvalue weighted by molar-refractivity contribution is 5.94. The third kappa shape index (κ3) is 3.02. The molecule has 154 valence electrons. The molecule has 0 bridgehead atoms. The Kier molecular flexibility index (Phi) is 4.43. The number of rotatable bonds is 3. The first-order chi connectivity index (χ1) is 15.1. The number of fused-ring (bicyclic) bond motifs is 3. The van der Waals surface area contributed by atoms with E-state index in [1.54, 1.807) is 48.8 Å². The smallest absolute Gasteiger partial charge is 0.312 e. The first-order valence-corrected chi connectivity index (χ1v) is 9.64. The number of carbonyl (C=O) groups is 1. The first kappa shape index (κ1) is 18.9. The van der Waals surface area contributed by atoms with Crippen molar-refractivity contribution in [2.24, 2.45) is 0 Å². The number of para-hydroxylation sites is 1. The van der Waals surface area contributed by atoms with Crippen LogP contribution in [0.2, 0.25) is 0 Å². The number of hydrogen-bond acceptors (Lipinski definition) is 7. The standard InChI is InChI=1S/C24H17NO6/c1-29-18-5-3-2-4-14(18)16-12-30-24-21-15(13-6-8-25-9-7-13)10-20(27)31-19(21)11-17(26)22(24)23(16)28/h2-9,11-12,15,26H,10H2,1H3. The number of benzene rings is 2. The van der Waals surface area contributed by atoms with E-state index in [0.717, 1.165) is 5.56 Å². The molecule has 3 heterocycles. The topological polar surface area (TPSA) is 98.9 Å². The third-order valence-corrected chi connectivity index (χ3v) is 5.48. The minimum atomic E-state index is -0.430. The van der Waals surface area contributed by atoms with Crippen LogP contribution in [0.5, 0.6) is 17.2 Å². The van der Waals surface area contributed by atoms with Crippen LogP contribution >= 0.6 is 0 Å². The maximum absolute atomic E-state index is 13.4. The second-order valence-electron chi connectivity index (χ2n) is 7.20. The van der Waals surface area contributed by atoms with Gasteiger partial charge in [0, 0.05) is 35.5 Å². The van der Waals surface area contributed by atoms with Crippen molar-refractivity contribution in [3.8, 4) is 28.4 Å². The van der Waals surface area contributed by atoms with Crippen molar-refractivity contribution in [3.63, 3.8) is 0 Å². The van der Waals surface area contributed by atoms with Crippen LogP contribution in [0.4, 0.5) is 0 Å². The normalized spacial score (nSPS) is 15.4. The first-order valence-electron chi connectivity index (χ1n) is 9.64. The van der Waals surface area contributed by atoms with Crippen molar-refractivity contribution in [2.45, 2.75) is 12.3 Å². The summed E-state index contributed by atoms with van der Waals surface area (Å²) in [5.41, 5.74) is 1.96. The summed E-state index contributed by atoms with van der Waals surface area (Å²) in [6, 6.07) is 12.0. The molecule has 0 saturated heterocycles. The minimum absolute atomic E-state index is 0.0270. The van der Waals surface area contributed by atoms with E-state index in [4.69, 9.17) is 13.9 Å². The third-order valence-electron chi connectivity index (χ3n) is 5.48. The van der Waals surface area contributed by atoms with Crippen molar-refractivity contribution in [3.05, 3.63) is 82.5 Å². The average Bonchev–Trinajstić information content (AvgIpc) is 2.79. The van der Waals surface area contributed by atoms with Crippen LogP contribution in [0.1, 0.15) is 23.5 Å². The maximum atomic E-state index is 13.4. The van der Waals surface area contributed by atoms with Crippen LogP contribution in [0.15, 0.2) is 70.3 Å². The largest absolute Gasteiger partial charge is 0.507 e. The zero-order valence-electron chi connectivity index (χ0n) is 16.5. The van der Waals surface area contributed by atoms with Gasteiger partial charge in [-0.1, -0.05) is 18.2 Å². The Morgan fingerprint density at radius 2 is 1.87 bits per heavy atom. The van der Waals surface area contributed by atoms with Gasteiger partial charge in [-0.2, -0.15) is 0 Å². The fourth-order valence-electron chi connectivity index (χ4n) is 4.07. The Hall–Kier alpha value is -4.13. The summed E-state index contributed by atoms with van der Waals surface area (Å²) in [5.74, 6) is -0.461. The molecule has 4 aromatic rings. The summed E-state index contributed by atoms with van der Waals surface area (Å²) in [7, 11) is 1.52. The molecule has 1 N–H and O–H groups in total. The van der Waals surface area contributed by atoms with Crippen molar-refractivity contribution in [1.82, 2.24) is 4.98 Å². The second-order valence-corrected chi connectivity index (χ2v) is 7.20. The number of hydrogen-bond donors (Lipinski definition) is 1. The van der Waals surface area contributed by atoms with Crippen LogP contribution in [0, 0.1) is 0 Å². The number of aromatic hydroxyl groups is 1. The van der Waals surface area contributed by atoms with Gasteiger partial charge in [0.05, 0.1) is 19.1 Å². The lowest BCUT2D eigenvalue weighted by Gasteiger charge is -2.25. The molecule has 31 heavy (non-hydrogen) atoms. The monoisotopic (exact) mass is 415 g/mol. The molecule has 1 unspecified atom stereocenters. The summed E-state index contributed by atoms with van der Waals surface area (Å²) in [5, 5.41) is 10.7. The zero-order chi connectivity index (χ0) is 21.5. The van der Waals surface area contributed by atoms with E-state index < -0.39 is 17.3 Å². The molecule has 0 fully saturated rings. The number of nitrogens with zero attached hydrogens (tertiary/aromatic N) is 1. The molecule has 2 aromatic carbocycles. The fourth-order valence-corrected chi connectivity index (χ4v) is 4.07. The van der Waals surface area contributed by atoms with Crippen LogP contribution in [-0.4, -0.2) is 23.2 Å². The Labute approximate surface area is 176 Å². The molecule has 1 atom stereocenters. The number of phenols is 1. The molecule has 0 radical (unpaired) electrons. The van der Waals surface area contributed by atoms with Crippen molar-refractivity contribution in [1.29, 1.82) is 0 Å². The quantitative estimate of drug-likeness (QED) is 0.399. The van der Waals surface area contributed by atoms with Crippen LogP contribution in [0.25, 0.3) is 22.1 Å². The van der Waals surface area contributed by atoms with Gasteiger partial charge in [-0.25, -0.2) is 0 Å². The number of pyridine rings is 1. The predicted molar refractivity (Wildman–Crippen MR) is 112 cm³/mol. The summed E-state index contributed by atoms with van der Waals surface area (Å²) < 4.78 is 16.7. The Balaban J connectivity index is 1.80. The molecule has 1 aliphatic heterocycles. The Morgan fingerprint density at radius 3 is 2.65 bits per heavy atom. The van der Waals surface area contributed by atoms with Crippen LogP contribution in [0.3, 0.4) is 0 Å². The number of aromatic nitrogens is 1. The zero-order valence-corrected chi connectivity index (χ0v) is 16.5. The highest BCUT2D eigenvalue weighted by Crippen LogP contribution is 2.45. The van der Waals surface area contributed by atoms with Gasteiger partial charge in [0.2, 0.25) is 5.43 Å². The van der Waals surface area contributed by atoms with Gasteiger partial charge < -0.3 is 19.0 Å². The minimum Gasteiger partial charge on any atom is -0.507 e. The summed E-state index contributed by atoms with van der Waals surface area (Å²) >= 11 is 0. The average molecular weight is 415 g/mol. The summed E-state index contributed by atoms with van der Waals surface area (Å²) in [6.07, 6.45) is 4.69. The van der Waals surface area contributed by atoms with Gasteiger partial charge in [0.1, 0.15) is 34.5 Å². The number of ether oxygens (including phenoxy) is 2. The second kappa shape index (κ2) is 7.28. The molecule has 0 saturated carbocycles. The highest BCUT2D eigenvalue weighted by atomic mass is 16.5. The van der Waals surface area contributed by atoms with Crippen molar-refractivity contribution in [2.75, 3.05) is 7.11 Å². The van der Waals surface area contributed by atoms with Crippen molar-refractivity contribution >= 4 is 16.9 Å². The molecule has 1 aliphatic rings. The van der Waals surface area contributed by atoms with Gasteiger partial charge in [-0.3, -0.25) is 14.6 Å². The summed E-state index contributed by atoms with van der Waals surface area (Å²) in [6.45, 7) is 0. The SMILES string of the molecule is COc1ccccc1-c1coc2c3c(cc(O)c2c1=O)OC(=O)CC3c1ccncc1. The molecule has 0 spiro atoms. The molecule has 2 aromatic heterocycles. The van der Waals surface area contributed by atoms with E-state index in [0.29, 0.717) is 16.9 Å². The van der Waals surface area contributed by atoms with E-state index >= 15 is 0 Å². The molecule has 0 aliphatic carbocycles. The van der Waals surface area contributed by atoms with E-state index in [-0.39, 0.29) is 34.5 Å². The van der Waals surface area contributed by atoms with Gasteiger partial charge in [-0.15, -0.1) is 0 Å². The van der Waals surface area contributed by atoms with E-state index in [1.165, 1.54) is 19.4 Å². The molecule has 7 heteroatoms. The Bertz CT molecular complexity index is 1380. The van der Waals surface area contributed by atoms with Crippen LogP contribution in [-0.2, 0) is 4.79 Å². The number of esters is 1. The molecule has 0 amide bonds. The number of phenolic OH excluding ortho intramolecular Hbond substituents is 1. The van der Waals surface area contributed by atoms with E-state index in [9.17, 15) is 14.7 Å². The summed E-state index contributed by atoms with van der Waals surface area (Å²) in [4.78, 5) is 29.7. The van der Waals surface area contributed by atoms with Gasteiger partial charge in [-0.05, 0) is 23.8 Å². The predicted octanol–water partition coefficient (Wildman–Crippen LogP) is 4.01. The maximum Gasteiger partial charge on any atom is 0.312 e. The fraction of sp³-hybridized carbons (Fsp3) is 0.125. The highest BCUT2D eigenvalue weighted by Gasteiger charge is 2.33. The molecular formula is C24H17NO6. The number of methoxy groups -OCH3 is 1. The molecule has 5 rings (SSSR count). The van der Waals surface area contributed by atoms with Gasteiger partial charge >= 0.3 is 5.97 Å². The van der Waals surface area contributed by atoms with Crippen LogP contribution < -0.4 is 14.9 Å². The molecule has 7 nitrogen and oxygen atoms in total. The van der Waals surface area contributed by atoms with Crippen molar-refractivity contribution < 1.29 is 23.8 Å². The van der Waals surface area contributed by atoms with E-state index in [2.05, 4.69) is 4.98 Å². The lowest BCUT2D eigenvalue weighted by Crippen LogP contribution is -2.22.